The Bertz CT molecular complexity index is 2530. The van der Waals surface area contributed by atoms with Crippen molar-refractivity contribution in [3.8, 4) is 0 Å². The van der Waals surface area contributed by atoms with Gasteiger partial charge in [-0.25, -0.2) is 4.79 Å². The first kappa shape index (κ1) is 71.2. The largest absolute Gasteiger partial charge is 0.478 e. The van der Waals surface area contributed by atoms with Gasteiger partial charge in [0, 0.05) is 78.1 Å². The normalized spacial score (nSPS) is 36.3. The van der Waals surface area contributed by atoms with E-state index in [0.29, 0.717) is 18.4 Å². The minimum Gasteiger partial charge on any atom is -0.478 e. The molecule has 0 aromatic heterocycles. The van der Waals surface area contributed by atoms with Crippen molar-refractivity contribution in [1.82, 2.24) is 5.32 Å². The molecule has 8 unspecified atom stereocenters. The van der Waals surface area contributed by atoms with Gasteiger partial charge in [-0.3, -0.25) is 9.59 Å². The molecule has 22 heteroatoms. The molecule has 5 fully saturated rings. The van der Waals surface area contributed by atoms with Gasteiger partial charge >= 0.3 is 11.9 Å². The van der Waals surface area contributed by atoms with Crippen LogP contribution in [0.2, 0.25) is 0 Å². The minimum atomic E-state index is -2.74. The van der Waals surface area contributed by atoms with Crippen LogP contribution in [0.5, 0.6) is 0 Å². The Morgan fingerprint density at radius 2 is 1.36 bits per heavy atom. The Morgan fingerprint density at radius 1 is 0.759 bits per heavy atom. The highest BCUT2D eigenvalue weighted by Crippen LogP contribution is 2.46. The number of carbonyl (C=O) groups excluding carboxylic acids is 2. The van der Waals surface area contributed by atoms with Crippen LogP contribution in [0.1, 0.15) is 86.6 Å². The summed E-state index contributed by atoms with van der Waals surface area (Å²) in [5.74, 6) is -7.10. The van der Waals surface area contributed by atoms with E-state index in [1.54, 1.807) is 127 Å². The monoisotopic (exact) mass is 1230 g/mol. The molecule has 0 spiro atoms. The van der Waals surface area contributed by atoms with E-state index in [9.17, 15) is 34.8 Å². The molecule has 0 saturated carbocycles. The zero-order valence-corrected chi connectivity index (χ0v) is 52.2. The minimum absolute atomic E-state index is 0.0526. The number of aliphatic hydroxyl groups excluding tert-OH is 3. The number of benzene rings is 1. The molecule has 5 heterocycles. The molecule has 1 amide bonds. The number of ether oxygens (including phenoxy) is 13. The number of methoxy groups -OCH3 is 4. The molecule has 0 bridgehead atoms. The number of amides is 1. The lowest BCUT2D eigenvalue weighted by molar-refractivity contribution is -0.367. The first-order chi connectivity index (χ1) is 41.5. The summed E-state index contributed by atoms with van der Waals surface area (Å²) in [6.07, 6.45) is 7.81. The lowest BCUT2D eigenvalue weighted by Gasteiger charge is -2.54. The predicted molar refractivity (Wildman–Crippen MR) is 318 cm³/mol. The SMILES string of the molecule is C/C=C\C=C\[C@@H]1O[C@](O)(C(CO[C@@H]2C[C@@H](OC)[C@@H](OC3C[C@@H](OC)[C@@H](OC4C[C@@H](OC)[C@@H](O)[C@@H](C)O4)[C@H](C)O3)[C@@H](C)O2)C(=O)NC/C=C/C=C(\C)C(OC)C(C)C2CC(O)C(/C=C/C=C/C=C/C(=O)O)O2)[C@H](O)[C@H](OC(=O)Cc2ccccc2)C1(C)C. The van der Waals surface area contributed by atoms with Crippen molar-refractivity contribution in [2.45, 2.75) is 210 Å². The lowest BCUT2D eigenvalue weighted by atomic mass is 9.71. The molecule has 486 valence electrons. The number of aliphatic carboxylic acids is 1. The maximum Gasteiger partial charge on any atom is 0.328 e. The van der Waals surface area contributed by atoms with Crippen molar-refractivity contribution in [3.05, 3.63) is 120 Å². The molecular formula is C65H95NO21. The molecule has 0 radical (unpaired) electrons. The second-order valence-corrected chi connectivity index (χ2v) is 23.5. The lowest BCUT2D eigenvalue weighted by Crippen LogP contribution is -2.70. The van der Waals surface area contributed by atoms with Crippen LogP contribution in [0.3, 0.4) is 0 Å². The van der Waals surface area contributed by atoms with E-state index < -0.39 is 152 Å². The van der Waals surface area contributed by atoms with Crippen LogP contribution < -0.4 is 5.32 Å². The van der Waals surface area contributed by atoms with Crippen molar-refractivity contribution in [3.63, 3.8) is 0 Å². The average Bonchev–Trinajstić information content (AvgIpc) is 1.46. The van der Waals surface area contributed by atoms with Gasteiger partial charge in [-0.1, -0.05) is 124 Å². The van der Waals surface area contributed by atoms with Gasteiger partial charge in [-0.15, -0.1) is 0 Å². The summed E-state index contributed by atoms with van der Waals surface area (Å²) in [6, 6.07) is 8.96. The van der Waals surface area contributed by atoms with Crippen molar-refractivity contribution < 1.29 is 101 Å². The number of carbonyl (C=O) groups is 3. The second kappa shape index (κ2) is 33.8. The molecular weight excluding hydrogens is 1130 g/mol. The number of carboxylic acid groups (broad SMARTS) is 1. The summed E-state index contributed by atoms with van der Waals surface area (Å²) in [5, 5.41) is 58.4. The van der Waals surface area contributed by atoms with E-state index >= 15 is 0 Å². The number of hydrogen-bond acceptors (Lipinski definition) is 20. The fraction of sp³-hybridized carbons (Fsp3) is 0.646. The quantitative estimate of drug-likeness (QED) is 0.0343. The zero-order chi connectivity index (χ0) is 63.6. The van der Waals surface area contributed by atoms with Crippen molar-refractivity contribution >= 4 is 17.8 Å². The Labute approximate surface area is 512 Å². The summed E-state index contributed by atoms with van der Waals surface area (Å²) < 4.78 is 80.4. The number of nitrogens with one attached hydrogen (secondary N) is 1. The van der Waals surface area contributed by atoms with Crippen LogP contribution in [0.15, 0.2) is 115 Å². The Kier molecular flexibility index (Phi) is 27.7. The van der Waals surface area contributed by atoms with Crippen LogP contribution in [-0.4, -0.2) is 207 Å². The first-order valence-corrected chi connectivity index (χ1v) is 30.0. The first-order valence-electron chi connectivity index (χ1n) is 30.0. The molecule has 0 aliphatic carbocycles. The van der Waals surface area contributed by atoms with Crippen LogP contribution >= 0.6 is 0 Å². The van der Waals surface area contributed by atoms with Gasteiger partial charge in [-0.05, 0) is 45.8 Å². The topological polar surface area (TPSA) is 284 Å². The van der Waals surface area contributed by atoms with Crippen molar-refractivity contribution in [2.24, 2.45) is 17.3 Å². The third-order valence-corrected chi connectivity index (χ3v) is 16.9. The molecule has 5 saturated heterocycles. The Morgan fingerprint density at radius 3 is 1.98 bits per heavy atom. The summed E-state index contributed by atoms with van der Waals surface area (Å²) >= 11 is 0. The van der Waals surface area contributed by atoms with Crippen molar-refractivity contribution in [1.29, 1.82) is 0 Å². The van der Waals surface area contributed by atoms with E-state index in [4.69, 9.17) is 66.7 Å². The third-order valence-electron chi connectivity index (χ3n) is 16.9. The second-order valence-electron chi connectivity index (χ2n) is 23.5. The molecule has 5 aliphatic heterocycles. The molecule has 6 N–H and O–H groups in total. The number of esters is 1. The van der Waals surface area contributed by atoms with E-state index in [0.717, 1.165) is 11.6 Å². The molecule has 22 nitrogen and oxygen atoms in total. The van der Waals surface area contributed by atoms with E-state index in [1.165, 1.54) is 20.3 Å². The summed E-state index contributed by atoms with van der Waals surface area (Å²) in [6.45, 7) is 14.0. The Balaban J connectivity index is 1.18. The van der Waals surface area contributed by atoms with E-state index in [-0.39, 0.29) is 37.8 Å². The number of rotatable bonds is 28. The number of hydrogen-bond donors (Lipinski definition) is 6. The highest BCUT2D eigenvalue weighted by Gasteiger charge is 2.63. The standard InChI is InChI=1S/C65H95NO21/c1-13-14-18-29-51-64(7,8)62(84-53(70)32-43-26-19-17-20-27-43)61(72)65(74,87-51)44(63(73)66-31-24-23-25-38(2)58(78-12)39(3)47-33-45(67)46(83-47)28-21-15-16-22-30-52(68)69)37-79-54-35-49(76-10)59(41(5)81-54)86-56-36-50(77-11)60(42(6)82-56)85-55-34-48(75-9)57(71)40(4)80-55/h13-30,39-42,44-51,54-62,67,71-72,74H,31-37H2,1-12H3,(H,66,73)(H,68,69)/b14-13-,16-15+,24-23+,28-21+,29-18+,30-22+,38-25+/t39?,40-,41-,42+,44?,45?,46?,47?,48-,49-,50-,51+,54+,55?,56?,57+,58?,59+,60+,61-,62+,65-/m1/s1. The van der Waals surface area contributed by atoms with Gasteiger partial charge < -0.3 is 92.4 Å². The molecule has 5 aliphatic rings. The summed E-state index contributed by atoms with van der Waals surface area (Å²) in [5.41, 5.74) is 0.340. The number of aliphatic hydroxyl groups is 4. The highest BCUT2D eigenvalue weighted by atomic mass is 16.7. The van der Waals surface area contributed by atoms with Gasteiger partial charge in [0.15, 0.2) is 18.9 Å². The van der Waals surface area contributed by atoms with Crippen LogP contribution in [0, 0.1) is 17.3 Å². The Hall–Kier alpha value is -4.83. The smallest absolute Gasteiger partial charge is 0.328 e. The van der Waals surface area contributed by atoms with Gasteiger partial charge in [0.25, 0.3) is 0 Å². The zero-order valence-electron chi connectivity index (χ0n) is 52.2. The summed E-state index contributed by atoms with van der Waals surface area (Å²) in [7, 11) is 6.24. The molecule has 6 rings (SSSR count). The summed E-state index contributed by atoms with van der Waals surface area (Å²) in [4.78, 5) is 39.3. The third kappa shape index (κ3) is 19.1. The van der Waals surface area contributed by atoms with Gasteiger partial charge in [0.1, 0.15) is 42.5 Å². The van der Waals surface area contributed by atoms with E-state index in [2.05, 4.69) is 5.32 Å². The van der Waals surface area contributed by atoms with Crippen LogP contribution in [0.4, 0.5) is 0 Å². The molecule has 22 atom stereocenters. The van der Waals surface area contributed by atoms with Gasteiger partial charge in [-0.2, -0.15) is 0 Å². The van der Waals surface area contributed by atoms with E-state index in [1.807, 2.05) is 39.8 Å². The van der Waals surface area contributed by atoms with Gasteiger partial charge in [0.2, 0.25) is 11.7 Å². The predicted octanol–water partition coefficient (Wildman–Crippen LogP) is 5.50. The van der Waals surface area contributed by atoms with Crippen LogP contribution in [0.25, 0.3) is 0 Å². The molecule has 1 aromatic carbocycles. The fourth-order valence-corrected chi connectivity index (χ4v) is 11.9. The highest BCUT2D eigenvalue weighted by molar-refractivity contribution is 5.80. The van der Waals surface area contributed by atoms with Gasteiger partial charge in [0.05, 0.1) is 74.1 Å². The maximum absolute atomic E-state index is 14.8. The number of allylic oxidation sites excluding steroid dienone is 9. The fourth-order valence-electron chi connectivity index (χ4n) is 11.9. The molecule has 87 heavy (non-hydrogen) atoms. The number of carboxylic acids is 1. The van der Waals surface area contributed by atoms with Crippen molar-refractivity contribution in [2.75, 3.05) is 41.6 Å². The molecule has 1 aromatic rings. The average molecular weight is 1230 g/mol. The van der Waals surface area contributed by atoms with Crippen LogP contribution in [-0.2, 0) is 82.4 Å². The maximum atomic E-state index is 14.8.